The molecule has 2 amide bonds. The zero-order valence-corrected chi connectivity index (χ0v) is 20.5. The van der Waals surface area contributed by atoms with Gasteiger partial charge in [-0.1, -0.05) is 19.3 Å². The van der Waals surface area contributed by atoms with Gasteiger partial charge in [-0.3, -0.25) is 14.5 Å². The van der Waals surface area contributed by atoms with Crippen molar-refractivity contribution in [1.29, 1.82) is 0 Å². The Kier molecular flexibility index (Phi) is 9.02. The predicted molar refractivity (Wildman–Crippen MR) is 118 cm³/mol. The fourth-order valence-corrected chi connectivity index (χ4v) is 6.04. The van der Waals surface area contributed by atoms with E-state index in [-0.39, 0.29) is 50.1 Å². The van der Waals surface area contributed by atoms with Gasteiger partial charge >= 0.3 is 12.4 Å². The number of hydrogen-bond donors (Lipinski definition) is 0. The van der Waals surface area contributed by atoms with Crippen LogP contribution in [0.3, 0.4) is 0 Å². The van der Waals surface area contributed by atoms with Crippen LogP contribution in [0.25, 0.3) is 0 Å². The smallest absolute Gasteiger partial charge is 0.344 e. The molecular formula is C24H37F6N3O2. The van der Waals surface area contributed by atoms with Crippen molar-refractivity contribution in [1.82, 2.24) is 14.7 Å². The van der Waals surface area contributed by atoms with Crippen LogP contribution in [-0.2, 0) is 9.59 Å². The second kappa shape index (κ2) is 11.3. The van der Waals surface area contributed by atoms with Crippen LogP contribution < -0.4 is 0 Å². The average Bonchev–Trinajstić information content (AvgIpc) is 2.79. The van der Waals surface area contributed by atoms with E-state index in [1.54, 1.807) is 19.0 Å². The predicted octanol–water partition coefficient (Wildman–Crippen LogP) is 4.71. The fraction of sp³-hybridized carbons (Fsp3) is 0.917. The minimum absolute atomic E-state index is 0.0638. The summed E-state index contributed by atoms with van der Waals surface area (Å²) >= 11 is 0. The number of alkyl halides is 6. The molecule has 1 heterocycles. The summed E-state index contributed by atoms with van der Waals surface area (Å²) in [5.41, 5.74) is 0. The van der Waals surface area contributed by atoms with Crippen molar-refractivity contribution in [3.05, 3.63) is 0 Å². The van der Waals surface area contributed by atoms with Crippen molar-refractivity contribution in [2.24, 2.45) is 23.7 Å². The summed E-state index contributed by atoms with van der Waals surface area (Å²) < 4.78 is 79.9. The molecule has 1 aliphatic heterocycles. The first kappa shape index (κ1) is 28.1. The van der Waals surface area contributed by atoms with E-state index < -0.39 is 42.6 Å². The molecule has 35 heavy (non-hydrogen) atoms. The molecule has 2 saturated carbocycles. The summed E-state index contributed by atoms with van der Waals surface area (Å²) in [5, 5.41) is 0. The Morgan fingerprint density at radius 2 is 1.54 bits per heavy atom. The minimum atomic E-state index is -4.66. The molecule has 3 atom stereocenters. The van der Waals surface area contributed by atoms with Crippen molar-refractivity contribution in [2.75, 3.05) is 40.3 Å². The van der Waals surface area contributed by atoms with Crippen LogP contribution in [0.15, 0.2) is 0 Å². The normalized spacial score (nSPS) is 28.7. The van der Waals surface area contributed by atoms with Crippen molar-refractivity contribution < 1.29 is 35.9 Å². The molecule has 3 fully saturated rings. The Morgan fingerprint density at radius 1 is 0.971 bits per heavy atom. The van der Waals surface area contributed by atoms with Crippen molar-refractivity contribution >= 4 is 11.8 Å². The summed E-state index contributed by atoms with van der Waals surface area (Å²) in [4.78, 5) is 30.9. The van der Waals surface area contributed by atoms with Gasteiger partial charge in [0.2, 0.25) is 11.8 Å². The van der Waals surface area contributed by atoms with Crippen LogP contribution in [-0.4, -0.2) is 85.2 Å². The third kappa shape index (κ3) is 7.26. The van der Waals surface area contributed by atoms with E-state index >= 15 is 0 Å². The van der Waals surface area contributed by atoms with Gasteiger partial charge in [0.1, 0.15) is 0 Å². The van der Waals surface area contributed by atoms with E-state index in [4.69, 9.17) is 0 Å². The topological polar surface area (TPSA) is 43.9 Å². The quantitative estimate of drug-likeness (QED) is 0.483. The number of carbonyl (C=O) groups is 2. The lowest BCUT2D eigenvalue weighted by molar-refractivity contribution is -0.229. The summed E-state index contributed by atoms with van der Waals surface area (Å²) in [6.45, 7) is 1.31. The molecule has 0 radical (unpaired) electrons. The lowest BCUT2D eigenvalue weighted by Gasteiger charge is -2.42. The fourth-order valence-electron chi connectivity index (χ4n) is 6.04. The zero-order valence-electron chi connectivity index (χ0n) is 20.5. The highest BCUT2D eigenvalue weighted by molar-refractivity contribution is 5.84. The third-order valence-corrected chi connectivity index (χ3v) is 8.21. The molecule has 0 N–H and O–H groups in total. The van der Waals surface area contributed by atoms with Crippen LogP contribution in [0.4, 0.5) is 26.3 Å². The van der Waals surface area contributed by atoms with E-state index in [2.05, 4.69) is 0 Å². The van der Waals surface area contributed by atoms with Gasteiger partial charge in [-0.25, -0.2) is 0 Å². The molecule has 0 bridgehead atoms. The van der Waals surface area contributed by atoms with Gasteiger partial charge in [0, 0.05) is 33.7 Å². The molecule has 0 spiro atoms. The SMILES string of the molecule is CN1CCN(C(C(=O)N(C)CCC2CC(C(F)(F)F)CC(C(F)(F)F)C2)C2CCCCC2)CC1=O. The summed E-state index contributed by atoms with van der Waals surface area (Å²) in [6.07, 6.45) is -5.99. The number of piperazine rings is 1. The van der Waals surface area contributed by atoms with Gasteiger partial charge in [0.05, 0.1) is 24.4 Å². The Labute approximate surface area is 203 Å². The standard InChI is InChI=1S/C24H37F6N3O2/c1-31-10-11-33(15-20(31)34)21(17-6-4-3-5-7-17)22(35)32(2)9-8-16-12-18(23(25,26)27)14-19(13-16)24(28,29)30/h16-19,21H,3-15H2,1-2H3. The maximum Gasteiger partial charge on any atom is 0.391 e. The van der Waals surface area contributed by atoms with Crippen LogP contribution >= 0.6 is 0 Å². The highest BCUT2D eigenvalue weighted by atomic mass is 19.4. The molecule has 202 valence electrons. The number of amides is 2. The molecule has 0 aromatic rings. The first-order chi connectivity index (χ1) is 16.3. The highest BCUT2D eigenvalue weighted by Crippen LogP contribution is 2.48. The zero-order chi connectivity index (χ0) is 26.0. The maximum atomic E-state index is 13.5. The maximum absolute atomic E-state index is 13.5. The molecule has 3 aliphatic rings. The third-order valence-electron chi connectivity index (χ3n) is 8.21. The molecule has 1 saturated heterocycles. The molecule has 0 aromatic heterocycles. The van der Waals surface area contributed by atoms with Gasteiger partial charge in [-0.2, -0.15) is 26.3 Å². The van der Waals surface area contributed by atoms with Crippen LogP contribution in [0.2, 0.25) is 0 Å². The van der Waals surface area contributed by atoms with Crippen LogP contribution in [0, 0.1) is 23.7 Å². The van der Waals surface area contributed by atoms with Crippen molar-refractivity contribution in [2.45, 2.75) is 76.2 Å². The number of carbonyl (C=O) groups excluding carboxylic acids is 2. The lowest BCUT2D eigenvalue weighted by Crippen LogP contribution is -2.59. The molecule has 0 aromatic carbocycles. The van der Waals surface area contributed by atoms with Crippen molar-refractivity contribution in [3.63, 3.8) is 0 Å². The van der Waals surface area contributed by atoms with Gasteiger partial charge in [0.25, 0.3) is 0 Å². The molecule has 5 nitrogen and oxygen atoms in total. The largest absolute Gasteiger partial charge is 0.391 e. The molecular weight excluding hydrogens is 476 g/mol. The highest BCUT2D eigenvalue weighted by Gasteiger charge is 2.51. The number of hydrogen-bond acceptors (Lipinski definition) is 3. The molecule has 11 heteroatoms. The Balaban J connectivity index is 1.67. The number of likely N-dealkylation sites (N-methyl/N-ethyl adjacent to an activating group) is 2. The minimum Gasteiger partial charge on any atom is -0.344 e. The average molecular weight is 514 g/mol. The van der Waals surface area contributed by atoms with Gasteiger partial charge < -0.3 is 9.80 Å². The van der Waals surface area contributed by atoms with Crippen molar-refractivity contribution in [3.8, 4) is 0 Å². The van der Waals surface area contributed by atoms with Crippen LogP contribution in [0.5, 0.6) is 0 Å². The summed E-state index contributed by atoms with van der Waals surface area (Å²) in [6, 6.07) is -0.491. The number of rotatable bonds is 6. The monoisotopic (exact) mass is 513 g/mol. The number of nitrogens with zero attached hydrogens (tertiary/aromatic N) is 3. The second-order valence-electron chi connectivity index (χ2n) is 10.7. The molecule has 2 aliphatic carbocycles. The Bertz CT molecular complexity index is 716. The Morgan fingerprint density at radius 3 is 2.06 bits per heavy atom. The second-order valence-corrected chi connectivity index (χ2v) is 10.7. The van der Waals surface area contributed by atoms with E-state index in [1.165, 1.54) is 4.90 Å². The van der Waals surface area contributed by atoms with E-state index in [0.717, 1.165) is 32.1 Å². The first-order valence-corrected chi connectivity index (χ1v) is 12.6. The van der Waals surface area contributed by atoms with Gasteiger partial charge in [-0.05, 0) is 50.4 Å². The summed E-state index contributed by atoms with van der Waals surface area (Å²) in [7, 11) is 3.29. The summed E-state index contributed by atoms with van der Waals surface area (Å²) in [5.74, 6) is -4.86. The molecule has 3 rings (SSSR count). The first-order valence-electron chi connectivity index (χ1n) is 12.6. The van der Waals surface area contributed by atoms with Gasteiger partial charge in [0.15, 0.2) is 0 Å². The molecule has 3 unspecified atom stereocenters. The van der Waals surface area contributed by atoms with E-state index in [0.29, 0.717) is 13.1 Å². The Hall–Kier alpha value is -1.52. The van der Waals surface area contributed by atoms with E-state index in [9.17, 15) is 35.9 Å². The van der Waals surface area contributed by atoms with Crippen LogP contribution in [0.1, 0.15) is 57.8 Å². The lowest BCUT2D eigenvalue weighted by atomic mass is 9.73. The van der Waals surface area contributed by atoms with E-state index in [1.807, 2.05) is 4.90 Å². The van der Waals surface area contributed by atoms with Gasteiger partial charge in [-0.15, -0.1) is 0 Å². The number of halogens is 6.